The number of ether oxygens (including phenoxy) is 2. The van der Waals surface area contributed by atoms with Crippen LogP contribution in [0.5, 0.6) is 11.5 Å². The number of nitrogens with one attached hydrogen (secondary N) is 1. The van der Waals surface area contributed by atoms with E-state index in [2.05, 4.69) is 4.72 Å². The van der Waals surface area contributed by atoms with E-state index in [4.69, 9.17) is 9.47 Å². The maximum absolute atomic E-state index is 12.3. The van der Waals surface area contributed by atoms with Crippen LogP contribution in [0, 0.1) is 6.92 Å². The van der Waals surface area contributed by atoms with Crippen molar-refractivity contribution in [2.45, 2.75) is 17.6 Å². The Bertz CT molecular complexity index is 752. The highest BCUT2D eigenvalue weighted by Crippen LogP contribution is 2.33. The van der Waals surface area contributed by atoms with Crippen molar-refractivity contribution in [3.05, 3.63) is 35.2 Å². The smallest absolute Gasteiger partial charge is 0.271 e. The van der Waals surface area contributed by atoms with Gasteiger partial charge in [-0.3, -0.25) is 4.72 Å². The average molecular weight is 325 g/mol. The molecule has 0 amide bonds. The number of hydrogen-bond donors (Lipinski definition) is 1. The number of sulfonamides is 1. The number of hydrogen-bond acceptors (Lipinski definition) is 5. The fraction of sp³-hybridized carbons (Fsp3) is 0.286. The van der Waals surface area contributed by atoms with Crippen LogP contribution in [0.3, 0.4) is 0 Å². The predicted molar refractivity (Wildman–Crippen MR) is 81.9 cm³/mol. The number of anilines is 1. The Morgan fingerprint density at radius 3 is 2.57 bits per heavy atom. The van der Waals surface area contributed by atoms with Crippen LogP contribution in [0.15, 0.2) is 34.5 Å². The maximum Gasteiger partial charge on any atom is 0.271 e. The van der Waals surface area contributed by atoms with E-state index in [0.29, 0.717) is 34.6 Å². The zero-order chi connectivity index (χ0) is 14.9. The van der Waals surface area contributed by atoms with Crippen molar-refractivity contribution < 1.29 is 17.9 Å². The summed E-state index contributed by atoms with van der Waals surface area (Å²) < 4.78 is 38.5. The third-order valence-corrected chi connectivity index (χ3v) is 5.85. The van der Waals surface area contributed by atoms with Crippen molar-refractivity contribution >= 4 is 27.0 Å². The summed E-state index contributed by atoms with van der Waals surface area (Å²) in [4.78, 5) is 0.953. The summed E-state index contributed by atoms with van der Waals surface area (Å²) in [5.74, 6) is 1.21. The molecule has 112 valence electrons. The average Bonchev–Trinajstić information content (AvgIpc) is 2.75. The van der Waals surface area contributed by atoms with E-state index in [1.807, 2.05) is 6.92 Å². The minimum Gasteiger partial charge on any atom is -0.490 e. The van der Waals surface area contributed by atoms with Gasteiger partial charge >= 0.3 is 0 Å². The van der Waals surface area contributed by atoms with Gasteiger partial charge in [0.1, 0.15) is 4.21 Å². The quantitative estimate of drug-likeness (QED) is 0.942. The fourth-order valence-corrected chi connectivity index (χ4v) is 4.32. The Morgan fingerprint density at radius 1 is 1.10 bits per heavy atom. The first-order valence-corrected chi connectivity index (χ1v) is 8.83. The van der Waals surface area contributed by atoms with Gasteiger partial charge in [0.15, 0.2) is 11.5 Å². The molecular formula is C14H15NO4S2. The van der Waals surface area contributed by atoms with Gasteiger partial charge in [-0.2, -0.15) is 0 Å². The third kappa shape index (κ3) is 3.14. The number of thiophene rings is 1. The van der Waals surface area contributed by atoms with E-state index >= 15 is 0 Å². The standard InChI is InChI=1S/C14H15NO4S2/c1-10-3-6-14(20-10)21(16,17)15-11-4-5-12-13(9-11)19-8-2-7-18-12/h3-6,9,15H,2,7-8H2,1H3. The Labute approximate surface area is 127 Å². The molecule has 0 saturated carbocycles. The molecule has 7 heteroatoms. The zero-order valence-corrected chi connectivity index (χ0v) is 13.1. The van der Waals surface area contributed by atoms with Gasteiger partial charge in [-0.25, -0.2) is 8.42 Å². The Hall–Kier alpha value is -1.73. The van der Waals surface area contributed by atoms with Crippen LogP contribution in [-0.2, 0) is 10.0 Å². The molecule has 0 radical (unpaired) electrons. The van der Waals surface area contributed by atoms with Crippen molar-refractivity contribution in [2.24, 2.45) is 0 Å². The van der Waals surface area contributed by atoms with Crippen LogP contribution >= 0.6 is 11.3 Å². The largest absolute Gasteiger partial charge is 0.490 e. The molecule has 0 bridgehead atoms. The summed E-state index contributed by atoms with van der Waals surface area (Å²) in [5, 5.41) is 0. The van der Waals surface area contributed by atoms with Crippen molar-refractivity contribution in [1.29, 1.82) is 0 Å². The van der Waals surface area contributed by atoms with Gasteiger partial charge < -0.3 is 9.47 Å². The molecular weight excluding hydrogens is 310 g/mol. The Balaban J connectivity index is 1.86. The Kier molecular flexibility index (Phi) is 3.77. The molecule has 5 nitrogen and oxygen atoms in total. The van der Waals surface area contributed by atoms with Gasteiger partial charge in [0, 0.05) is 17.4 Å². The molecule has 21 heavy (non-hydrogen) atoms. The van der Waals surface area contributed by atoms with Crippen LogP contribution in [0.2, 0.25) is 0 Å². The van der Waals surface area contributed by atoms with Crippen LogP contribution < -0.4 is 14.2 Å². The highest BCUT2D eigenvalue weighted by Gasteiger charge is 2.18. The molecule has 1 aliphatic heterocycles. The summed E-state index contributed by atoms with van der Waals surface area (Å²) in [6.45, 7) is 3.04. The molecule has 0 aliphatic carbocycles. The monoisotopic (exact) mass is 325 g/mol. The third-order valence-electron chi connectivity index (χ3n) is 2.98. The van der Waals surface area contributed by atoms with Gasteiger partial charge in [-0.1, -0.05) is 0 Å². The summed E-state index contributed by atoms with van der Waals surface area (Å²) in [5.41, 5.74) is 0.463. The fourth-order valence-electron chi connectivity index (χ4n) is 1.99. The highest BCUT2D eigenvalue weighted by atomic mass is 32.2. The number of benzene rings is 1. The number of aryl methyl sites for hydroxylation is 1. The molecule has 2 heterocycles. The van der Waals surface area contributed by atoms with Gasteiger partial charge in [-0.05, 0) is 31.2 Å². The number of fused-ring (bicyclic) bond motifs is 1. The molecule has 1 aromatic carbocycles. The van der Waals surface area contributed by atoms with Crippen molar-refractivity contribution in [2.75, 3.05) is 17.9 Å². The second-order valence-electron chi connectivity index (χ2n) is 4.68. The lowest BCUT2D eigenvalue weighted by Gasteiger charge is -2.10. The molecule has 0 spiro atoms. The van der Waals surface area contributed by atoms with E-state index in [9.17, 15) is 8.42 Å². The summed E-state index contributed by atoms with van der Waals surface area (Å²) in [6, 6.07) is 8.43. The second kappa shape index (κ2) is 5.57. The summed E-state index contributed by atoms with van der Waals surface area (Å²) in [6.07, 6.45) is 0.810. The minimum atomic E-state index is -3.56. The van der Waals surface area contributed by atoms with Crippen molar-refractivity contribution in [1.82, 2.24) is 0 Å². The summed E-state index contributed by atoms with van der Waals surface area (Å²) >= 11 is 1.24. The SMILES string of the molecule is Cc1ccc(S(=O)(=O)Nc2ccc3c(c2)OCCCO3)s1. The van der Waals surface area contributed by atoms with E-state index in [-0.39, 0.29) is 0 Å². The molecule has 0 fully saturated rings. The van der Waals surface area contributed by atoms with Gasteiger partial charge in [0.05, 0.1) is 18.9 Å². The normalized spacial score (nSPS) is 14.5. The van der Waals surface area contributed by atoms with E-state index < -0.39 is 10.0 Å². The maximum atomic E-state index is 12.3. The van der Waals surface area contributed by atoms with Crippen molar-refractivity contribution in [3.8, 4) is 11.5 Å². The van der Waals surface area contributed by atoms with Crippen LogP contribution in [0.25, 0.3) is 0 Å². The van der Waals surface area contributed by atoms with E-state index in [1.54, 1.807) is 30.3 Å². The zero-order valence-electron chi connectivity index (χ0n) is 11.5. The van der Waals surface area contributed by atoms with E-state index in [1.165, 1.54) is 11.3 Å². The number of rotatable bonds is 3. The Morgan fingerprint density at radius 2 is 1.86 bits per heavy atom. The molecule has 1 N–H and O–H groups in total. The molecule has 3 rings (SSSR count). The van der Waals surface area contributed by atoms with Gasteiger partial charge in [-0.15, -0.1) is 11.3 Å². The second-order valence-corrected chi connectivity index (χ2v) is 7.88. The predicted octanol–water partition coefficient (Wildman–Crippen LogP) is 3.02. The van der Waals surface area contributed by atoms with Gasteiger partial charge in [0.25, 0.3) is 10.0 Å². The van der Waals surface area contributed by atoms with Crippen molar-refractivity contribution in [3.63, 3.8) is 0 Å². The van der Waals surface area contributed by atoms with Crippen LogP contribution in [-0.4, -0.2) is 21.6 Å². The summed E-state index contributed by atoms with van der Waals surface area (Å²) in [7, 11) is -3.56. The van der Waals surface area contributed by atoms with Crippen LogP contribution in [0.4, 0.5) is 5.69 Å². The molecule has 0 unspecified atom stereocenters. The molecule has 0 atom stereocenters. The van der Waals surface area contributed by atoms with E-state index in [0.717, 1.165) is 11.3 Å². The first kappa shape index (κ1) is 14.2. The van der Waals surface area contributed by atoms with Crippen LogP contribution in [0.1, 0.15) is 11.3 Å². The topological polar surface area (TPSA) is 64.6 Å². The first-order valence-electron chi connectivity index (χ1n) is 6.53. The highest BCUT2D eigenvalue weighted by molar-refractivity contribution is 7.94. The first-order chi connectivity index (χ1) is 10.0. The molecule has 2 aromatic rings. The van der Waals surface area contributed by atoms with Gasteiger partial charge in [0.2, 0.25) is 0 Å². The molecule has 1 aromatic heterocycles. The lowest BCUT2D eigenvalue weighted by Crippen LogP contribution is -2.11. The lowest BCUT2D eigenvalue weighted by atomic mass is 10.3. The lowest BCUT2D eigenvalue weighted by molar-refractivity contribution is 0.297. The minimum absolute atomic E-state index is 0.298. The molecule has 0 saturated heterocycles. The molecule has 1 aliphatic rings.